The zero-order valence-electron chi connectivity index (χ0n) is 16.1. The van der Waals surface area contributed by atoms with Gasteiger partial charge in [-0.05, 0) is 37.5 Å². The molecule has 0 aromatic rings. The van der Waals surface area contributed by atoms with Crippen LogP contribution in [-0.2, 0) is 19.2 Å². The Bertz CT molecular complexity index is 544. The van der Waals surface area contributed by atoms with Crippen LogP contribution in [0.3, 0.4) is 0 Å². The predicted molar refractivity (Wildman–Crippen MR) is 97.8 cm³/mol. The fourth-order valence-electron chi connectivity index (χ4n) is 5.44. The molecule has 0 amide bonds. The van der Waals surface area contributed by atoms with Crippen LogP contribution in [0.15, 0.2) is 0 Å². The number of carboxylic acid groups (broad SMARTS) is 4. The van der Waals surface area contributed by atoms with E-state index in [1.165, 1.54) is 0 Å². The van der Waals surface area contributed by atoms with Gasteiger partial charge in [0, 0.05) is 0 Å². The molecule has 0 radical (unpaired) electrons. The van der Waals surface area contributed by atoms with Crippen LogP contribution in [0, 0.1) is 22.7 Å². The molecule has 0 aromatic carbocycles. The Kier molecular flexibility index (Phi) is 7.06. The van der Waals surface area contributed by atoms with Crippen molar-refractivity contribution < 1.29 is 39.6 Å². The highest BCUT2D eigenvalue weighted by atomic mass is 16.4. The Hall–Kier alpha value is -2.12. The summed E-state index contributed by atoms with van der Waals surface area (Å²) in [6.07, 6.45) is 5.20. The molecular formula is C20H30O8. The molecule has 2 fully saturated rings. The molecule has 8 heteroatoms. The van der Waals surface area contributed by atoms with Crippen molar-refractivity contribution in [3.63, 3.8) is 0 Å². The summed E-state index contributed by atoms with van der Waals surface area (Å²) in [7, 11) is 0. The lowest BCUT2D eigenvalue weighted by Crippen LogP contribution is -2.56. The number of rotatable bonds is 5. The summed E-state index contributed by atoms with van der Waals surface area (Å²) in [6.45, 7) is 0. The molecule has 0 heterocycles. The zero-order valence-corrected chi connectivity index (χ0v) is 16.1. The molecule has 2 unspecified atom stereocenters. The van der Waals surface area contributed by atoms with E-state index in [4.69, 9.17) is 0 Å². The minimum absolute atomic E-state index is 0.103. The molecule has 0 aromatic heterocycles. The Labute approximate surface area is 163 Å². The molecule has 2 aliphatic carbocycles. The molecule has 0 spiro atoms. The summed E-state index contributed by atoms with van der Waals surface area (Å²) >= 11 is 0. The lowest BCUT2D eigenvalue weighted by Gasteiger charge is -2.46. The molecule has 0 aliphatic heterocycles. The molecule has 8 nitrogen and oxygen atoms in total. The van der Waals surface area contributed by atoms with E-state index in [-0.39, 0.29) is 25.7 Å². The van der Waals surface area contributed by atoms with Gasteiger partial charge in [0.05, 0.1) is 0 Å². The van der Waals surface area contributed by atoms with E-state index in [0.29, 0.717) is 38.5 Å². The van der Waals surface area contributed by atoms with Crippen molar-refractivity contribution in [2.45, 2.75) is 77.0 Å². The van der Waals surface area contributed by atoms with Crippen molar-refractivity contribution in [1.29, 1.82) is 0 Å². The Balaban J connectivity index is 2.67. The Morgan fingerprint density at radius 2 is 0.786 bits per heavy atom. The third-order valence-electron chi connectivity index (χ3n) is 6.95. The minimum atomic E-state index is -2.15. The van der Waals surface area contributed by atoms with Gasteiger partial charge < -0.3 is 20.4 Å². The normalized spacial score (nSPS) is 28.0. The fourth-order valence-corrected chi connectivity index (χ4v) is 5.44. The summed E-state index contributed by atoms with van der Waals surface area (Å²) in [5, 5.41) is 39.9. The first-order valence-electron chi connectivity index (χ1n) is 10.1. The molecule has 0 saturated heterocycles. The van der Waals surface area contributed by atoms with Crippen LogP contribution in [-0.4, -0.2) is 44.3 Å². The van der Waals surface area contributed by atoms with Crippen LogP contribution in [0.4, 0.5) is 0 Å². The van der Waals surface area contributed by atoms with Crippen molar-refractivity contribution in [3.05, 3.63) is 0 Å². The third-order valence-corrected chi connectivity index (χ3v) is 6.95. The van der Waals surface area contributed by atoms with Crippen molar-refractivity contribution in [1.82, 2.24) is 0 Å². The maximum absolute atomic E-state index is 12.3. The lowest BCUT2D eigenvalue weighted by molar-refractivity contribution is -0.187. The first kappa shape index (κ1) is 22.2. The van der Waals surface area contributed by atoms with E-state index in [2.05, 4.69) is 0 Å². The quantitative estimate of drug-likeness (QED) is 0.516. The molecule has 0 bridgehead atoms. The lowest BCUT2D eigenvalue weighted by atomic mass is 9.54. The molecule has 28 heavy (non-hydrogen) atoms. The van der Waals surface area contributed by atoms with E-state index in [0.717, 1.165) is 12.8 Å². The average Bonchev–Trinajstić information content (AvgIpc) is 2.55. The molecule has 2 saturated carbocycles. The summed E-state index contributed by atoms with van der Waals surface area (Å²) in [5.41, 5.74) is -4.30. The van der Waals surface area contributed by atoms with Crippen molar-refractivity contribution in [3.8, 4) is 0 Å². The average molecular weight is 398 g/mol. The highest BCUT2D eigenvalue weighted by Crippen LogP contribution is 2.53. The molecule has 2 atom stereocenters. The van der Waals surface area contributed by atoms with Crippen molar-refractivity contribution in [2.75, 3.05) is 0 Å². The van der Waals surface area contributed by atoms with Crippen LogP contribution < -0.4 is 0 Å². The summed E-state index contributed by atoms with van der Waals surface area (Å²) in [6, 6.07) is 0. The van der Waals surface area contributed by atoms with Crippen molar-refractivity contribution >= 4 is 23.9 Å². The van der Waals surface area contributed by atoms with Gasteiger partial charge in [-0.1, -0.05) is 51.4 Å². The summed E-state index contributed by atoms with van der Waals surface area (Å²) in [4.78, 5) is 49.1. The number of hydrogen-bond donors (Lipinski definition) is 4. The van der Waals surface area contributed by atoms with Gasteiger partial charge in [0.15, 0.2) is 10.8 Å². The first-order valence-corrected chi connectivity index (χ1v) is 10.1. The number of carboxylic acids is 4. The fraction of sp³-hybridized carbons (Fsp3) is 0.800. The molecule has 158 valence electrons. The second kappa shape index (κ2) is 8.92. The highest BCUT2D eigenvalue weighted by molar-refractivity contribution is 6.01. The van der Waals surface area contributed by atoms with Gasteiger partial charge in [0.25, 0.3) is 0 Å². The van der Waals surface area contributed by atoms with Gasteiger partial charge in [-0.15, -0.1) is 0 Å². The van der Waals surface area contributed by atoms with Crippen LogP contribution in [0.5, 0.6) is 0 Å². The molecule has 2 aliphatic rings. The monoisotopic (exact) mass is 398 g/mol. The van der Waals surface area contributed by atoms with E-state index in [1.807, 2.05) is 0 Å². The smallest absolute Gasteiger partial charge is 0.321 e. The highest BCUT2D eigenvalue weighted by Gasteiger charge is 2.62. The Morgan fingerprint density at radius 1 is 0.500 bits per heavy atom. The van der Waals surface area contributed by atoms with Crippen LogP contribution in [0.2, 0.25) is 0 Å². The van der Waals surface area contributed by atoms with Crippen LogP contribution in [0.1, 0.15) is 77.0 Å². The second-order valence-corrected chi connectivity index (χ2v) is 8.28. The molecule has 4 N–H and O–H groups in total. The third kappa shape index (κ3) is 3.73. The maximum Gasteiger partial charge on any atom is 0.321 e. The second-order valence-electron chi connectivity index (χ2n) is 8.28. The first-order chi connectivity index (χ1) is 13.2. The summed E-state index contributed by atoms with van der Waals surface area (Å²) < 4.78 is 0. The Morgan fingerprint density at radius 3 is 1.07 bits per heavy atom. The molecule has 2 rings (SSSR count). The predicted octanol–water partition coefficient (Wildman–Crippen LogP) is 3.24. The topological polar surface area (TPSA) is 149 Å². The van der Waals surface area contributed by atoms with E-state index in [1.54, 1.807) is 0 Å². The molecular weight excluding hydrogens is 368 g/mol. The largest absolute Gasteiger partial charge is 0.480 e. The van der Waals surface area contributed by atoms with E-state index < -0.39 is 46.5 Å². The van der Waals surface area contributed by atoms with Gasteiger partial charge >= 0.3 is 23.9 Å². The van der Waals surface area contributed by atoms with Gasteiger partial charge in [0.2, 0.25) is 0 Å². The SMILES string of the molecule is O=C(O)C1(C(=O)O)CCCCCCC1C1CCCCCCC1(C(=O)O)C(=O)O. The van der Waals surface area contributed by atoms with Crippen molar-refractivity contribution in [2.24, 2.45) is 22.7 Å². The van der Waals surface area contributed by atoms with Crippen LogP contribution >= 0.6 is 0 Å². The summed E-state index contributed by atoms with van der Waals surface area (Å²) in [5.74, 6) is -8.02. The standard InChI is InChI=1S/C20H30O8/c21-15(22)19(16(23)24)11-7-3-1-5-9-13(19)14-10-6-2-4-8-12-20(14,17(25)26)18(27)28/h13-14H,1-12H2,(H,21,22)(H,23,24)(H,25,26)(H,27,28). The van der Waals surface area contributed by atoms with Gasteiger partial charge in [-0.3, -0.25) is 19.2 Å². The van der Waals surface area contributed by atoms with Crippen LogP contribution in [0.25, 0.3) is 0 Å². The minimum Gasteiger partial charge on any atom is -0.480 e. The maximum atomic E-state index is 12.3. The van der Waals surface area contributed by atoms with E-state index >= 15 is 0 Å². The van der Waals surface area contributed by atoms with E-state index in [9.17, 15) is 39.6 Å². The number of carbonyl (C=O) groups is 4. The zero-order chi connectivity index (χ0) is 20.9. The van der Waals surface area contributed by atoms with Gasteiger partial charge in [-0.25, -0.2) is 0 Å². The number of hydrogen-bond acceptors (Lipinski definition) is 4. The van der Waals surface area contributed by atoms with Gasteiger partial charge in [0.1, 0.15) is 0 Å². The number of aliphatic carboxylic acids is 4. The van der Waals surface area contributed by atoms with Gasteiger partial charge in [-0.2, -0.15) is 0 Å².